The molecule has 1 aliphatic rings. The highest BCUT2D eigenvalue weighted by atomic mass is 32.2. The van der Waals surface area contributed by atoms with Gasteiger partial charge >= 0.3 is 0 Å². The summed E-state index contributed by atoms with van der Waals surface area (Å²) in [5.41, 5.74) is 2.90. The van der Waals surface area contributed by atoms with Crippen molar-refractivity contribution in [2.75, 3.05) is 36.7 Å². The molecule has 0 atom stereocenters. The van der Waals surface area contributed by atoms with Crippen molar-refractivity contribution < 1.29 is 4.79 Å². The number of hydrogen-bond donors (Lipinski definition) is 2. The minimum absolute atomic E-state index is 0.117. The lowest BCUT2D eigenvalue weighted by molar-refractivity contribution is 0.0627. The summed E-state index contributed by atoms with van der Waals surface area (Å²) in [6.45, 7) is 6.26. The standard InChI is InChI=1S/C17H23N5OS/c1-2-24-20-15-5-3-14(4-6-15)17(23)22-11-9-21(10-12-22)13-16-7-8-18-19-16/h3-8,20H,2,9-13H2,1H3,(H,18,19). The number of hydrogen-bond acceptors (Lipinski definition) is 5. The molecule has 1 aliphatic heterocycles. The average molecular weight is 345 g/mol. The Labute approximate surface area is 146 Å². The van der Waals surface area contributed by atoms with E-state index >= 15 is 0 Å². The number of nitrogens with zero attached hydrogens (tertiary/aromatic N) is 3. The number of H-pyrrole nitrogens is 1. The summed E-state index contributed by atoms with van der Waals surface area (Å²) in [6.07, 6.45) is 1.77. The van der Waals surface area contributed by atoms with Gasteiger partial charge in [-0.05, 0) is 30.3 Å². The third-order valence-corrected chi connectivity index (χ3v) is 4.75. The van der Waals surface area contributed by atoms with E-state index in [0.717, 1.165) is 55.4 Å². The molecule has 0 unspecified atom stereocenters. The molecule has 0 saturated carbocycles. The molecule has 128 valence electrons. The van der Waals surface area contributed by atoms with Gasteiger partial charge in [-0.1, -0.05) is 18.9 Å². The highest BCUT2D eigenvalue weighted by Crippen LogP contribution is 2.16. The lowest BCUT2D eigenvalue weighted by Crippen LogP contribution is -2.48. The topological polar surface area (TPSA) is 64.3 Å². The lowest BCUT2D eigenvalue weighted by atomic mass is 10.1. The highest BCUT2D eigenvalue weighted by Gasteiger charge is 2.22. The van der Waals surface area contributed by atoms with Gasteiger partial charge in [-0.15, -0.1) is 0 Å². The molecule has 7 heteroatoms. The first-order chi connectivity index (χ1) is 11.8. The van der Waals surface area contributed by atoms with Gasteiger partial charge in [0.05, 0.1) is 0 Å². The van der Waals surface area contributed by atoms with Gasteiger partial charge in [0.1, 0.15) is 0 Å². The first-order valence-electron chi connectivity index (χ1n) is 8.24. The molecule has 24 heavy (non-hydrogen) atoms. The number of carbonyl (C=O) groups excluding carboxylic acids is 1. The van der Waals surface area contributed by atoms with Crippen LogP contribution in [0.1, 0.15) is 23.0 Å². The number of piperazine rings is 1. The minimum atomic E-state index is 0.117. The maximum atomic E-state index is 12.6. The number of nitrogens with one attached hydrogen (secondary N) is 2. The summed E-state index contributed by atoms with van der Waals surface area (Å²) < 4.78 is 3.24. The third kappa shape index (κ3) is 4.30. The Hall–Kier alpha value is -1.99. The van der Waals surface area contributed by atoms with Gasteiger partial charge in [-0.25, -0.2) is 0 Å². The molecule has 1 aromatic heterocycles. The summed E-state index contributed by atoms with van der Waals surface area (Å²) >= 11 is 1.65. The number of amides is 1. The molecular formula is C17H23N5OS. The Morgan fingerprint density at radius 1 is 1.21 bits per heavy atom. The Balaban J connectivity index is 1.51. The second-order valence-electron chi connectivity index (χ2n) is 5.76. The monoisotopic (exact) mass is 345 g/mol. The third-order valence-electron chi connectivity index (χ3n) is 4.08. The molecule has 0 spiro atoms. The SMILES string of the molecule is CCSNc1ccc(C(=O)N2CCN(Cc3ccn[nH]3)CC2)cc1. The van der Waals surface area contributed by atoms with Crippen molar-refractivity contribution in [1.82, 2.24) is 20.0 Å². The van der Waals surface area contributed by atoms with E-state index in [2.05, 4.69) is 26.7 Å². The second-order valence-corrected chi connectivity index (χ2v) is 6.83. The van der Waals surface area contributed by atoms with Gasteiger partial charge in [0.2, 0.25) is 0 Å². The van der Waals surface area contributed by atoms with Crippen LogP contribution in [0.3, 0.4) is 0 Å². The summed E-state index contributed by atoms with van der Waals surface area (Å²) in [5, 5.41) is 6.96. The summed E-state index contributed by atoms with van der Waals surface area (Å²) in [4.78, 5) is 16.9. The predicted molar refractivity (Wildman–Crippen MR) is 98.0 cm³/mol. The van der Waals surface area contributed by atoms with Gasteiger partial charge in [0.15, 0.2) is 0 Å². The van der Waals surface area contributed by atoms with E-state index in [1.807, 2.05) is 35.2 Å². The van der Waals surface area contributed by atoms with Gasteiger partial charge in [0.25, 0.3) is 5.91 Å². The van der Waals surface area contributed by atoms with Crippen LogP contribution < -0.4 is 4.72 Å². The molecule has 1 amide bonds. The van der Waals surface area contributed by atoms with Crippen LogP contribution in [-0.4, -0.2) is 57.8 Å². The van der Waals surface area contributed by atoms with Crippen LogP contribution in [0.2, 0.25) is 0 Å². The van der Waals surface area contributed by atoms with Gasteiger partial charge in [-0.3, -0.25) is 14.8 Å². The van der Waals surface area contributed by atoms with Crippen molar-refractivity contribution in [3.63, 3.8) is 0 Å². The fraction of sp³-hybridized carbons (Fsp3) is 0.412. The van der Waals surface area contributed by atoms with Crippen molar-refractivity contribution in [2.24, 2.45) is 0 Å². The van der Waals surface area contributed by atoms with Crippen molar-refractivity contribution in [3.05, 3.63) is 47.8 Å². The van der Waals surface area contributed by atoms with E-state index in [1.54, 1.807) is 18.1 Å². The van der Waals surface area contributed by atoms with Gasteiger partial charge in [-0.2, -0.15) is 5.10 Å². The molecule has 0 radical (unpaired) electrons. The van der Waals surface area contributed by atoms with Crippen LogP contribution >= 0.6 is 11.9 Å². The van der Waals surface area contributed by atoms with E-state index in [1.165, 1.54) is 0 Å². The molecule has 6 nitrogen and oxygen atoms in total. The fourth-order valence-electron chi connectivity index (χ4n) is 2.74. The molecule has 2 aromatic rings. The molecule has 1 fully saturated rings. The number of benzene rings is 1. The van der Waals surface area contributed by atoms with Crippen LogP contribution in [0, 0.1) is 0 Å². The first-order valence-corrected chi connectivity index (χ1v) is 9.22. The van der Waals surface area contributed by atoms with Crippen molar-refractivity contribution >= 4 is 23.5 Å². The predicted octanol–water partition coefficient (Wildman–Crippen LogP) is 2.45. The van der Waals surface area contributed by atoms with Crippen LogP contribution in [0.15, 0.2) is 36.5 Å². The van der Waals surface area contributed by atoms with E-state index < -0.39 is 0 Å². The van der Waals surface area contributed by atoms with Crippen molar-refractivity contribution in [2.45, 2.75) is 13.5 Å². The lowest BCUT2D eigenvalue weighted by Gasteiger charge is -2.34. The average Bonchev–Trinajstić information content (AvgIpc) is 3.13. The Morgan fingerprint density at radius 3 is 2.58 bits per heavy atom. The van der Waals surface area contributed by atoms with Crippen LogP contribution in [0.4, 0.5) is 5.69 Å². The number of anilines is 1. The largest absolute Gasteiger partial charge is 0.336 e. The van der Waals surface area contributed by atoms with Crippen LogP contribution in [-0.2, 0) is 6.54 Å². The van der Waals surface area contributed by atoms with E-state index in [4.69, 9.17) is 0 Å². The van der Waals surface area contributed by atoms with Gasteiger partial charge < -0.3 is 9.62 Å². The van der Waals surface area contributed by atoms with Gasteiger partial charge in [0, 0.05) is 61.6 Å². The molecule has 1 saturated heterocycles. The second kappa shape index (κ2) is 8.21. The highest BCUT2D eigenvalue weighted by molar-refractivity contribution is 8.00. The summed E-state index contributed by atoms with van der Waals surface area (Å²) in [7, 11) is 0. The Kier molecular flexibility index (Phi) is 5.77. The van der Waals surface area contributed by atoms with Crippen LogP contribution in [0.25, 0.3) is 0 Å². The smallest absolute Gasteiger partial charge is 0.253 e. The first kappa shape index (κ1) is 16.9. The molecule has 3 rings (SSSR count). The normalized spacial score (nSPS) is 15.5. The molecule has 0 bridgehead atoms. The fourth-order valence-corrected chi connectivity index (χ4v) is 3.19. The zero-order valence-corrected chi connectivity index (χ0v) is 14.7. The summed E-state index contributed by atoms with van der Waals surface area (Å²) in [5.74, 6) is 1.12. The molecular weight excluding hydrogens is 322 g/mol. The Morgan fingerprint density at radius 2 is 1.96 bits per heavy atom. The number of aromatic amines is 1. The van der Waals surface area contributed by atoms with Crippen molar-refractivity contribution in [3.8, 4) is 0 Å². The zero-order chi connectivity index (χ0) is 16.8. The zero-order valence-electron chi connectivity index (χ0n) is 13.9. The summed E-state index contributed by atoms with van der Waals surface area (Å²) in [6, 6.07) is 9.72. The van der Waals surface area contributed by atoms with Crippen molar-refractivity contribution in [1.29, 1.82) is 0 Å². The number of carbonyl (C=O) groups is 1. The molecule has 2 heterocycles. The van der Waals surface area contributed by atoms with E-state index in [0.29, 0.717) is 0 Å². The quantitative estimate of drug-likeness (QED) is 0.788. The van der Waals surface area contributed by atoms with Crippen LogP contribution in [0.5, 0.6) is 0 Å². The van der Waals surface area contributed by atoms with E-state index in [-0.39, 0.29) is 5.91 Å². The molecule has 2 N–H and O–H groups in total. The minimum Gasteiger partial charge on any atom is -0.336 e. The maximum Gasteiger partial charge on any atom is 0.253 e. The number of rotatable bonds is 6. The molecule has 1 aromatic carbocycles. The molecule has 0 aliphatic carbocycles. The maximum absolute atomic E-state index is 12.6. The van der Waals surface area contributed by atoms with E-state index in [9.17, 15) is 4.79 Å². The Bertz CT molecular complexity index is 636. The number of aromatic nitrogens is 2.